The Morgan fingerprint density at radius 3 is 2.62 bits per heavy atom. The van der Waals surface area contributed by atoms with Gasteiger partial charge in [-0.1, -0.05) is 30.3 Å². The monoisotopic (exact) mass is 218 g/mol. The SMILES string of the molecule is C[C@@H]1C[C@H](c2ccccc2)CCN1C(N)=O. The molecule has 0 unspecified atom stereocenters. The molecule has 0 aromatic heterocycles. The number of piperidine rings is 1. The first-order valence-corrected chi connectivity index (χ1v) is 5.79. The van der Waals surface area contributed by atoms with E-state index in [4.69, 9.17) is 5.73 Å². The molecule has 0 aliphatic carbocycles. The zero-order valence-electron chi connectivity index (χ0n) is 9.60. The molecule has 0 spiro atoms. The Bertz CT molecular complexity index is 363. The van der Waals surface area contributed by atoms with E-state index in [9.17, 15) is 4.79 Å². The molecule has 3 heteroatoms. The molecule has 0 bridgehead atoms. The van der Waals surface area contributed by atoms with Gasteiger partial charge in [-0.15, -0.1) is 0 Å². The van der Waals surface area contributed by atoms with Gasteiger partial charge in [0.2, 0.25) is 0 Å². The summed E-state index contributed by atoms with van der Waals surface area (Å²) in [4.78, 5) is 12.9. The molecule has 1 aromatic carbocycles. The third-order valence-electron chi connectivity index (χ3n) is 3.43. The van der Waals surface area contributed by atoms with Crippen LogP contribution in [0.4, 0.5) is 4.79 Å². The second-order valence-electron chi connectivity index (χ2n) is 4.51. The van der Waals surface area contributed by atoms with Gasteiger partial charge in [0.15, 0.2) is 0 Å². The number of carbonyl (C=O) groups excluding carboxylic acids is 1. The molecule has 1 aromatic rings. The van der Waals surface area contributed by atoms with Crippen molar-refractivity contribution in [3.8, 4) is 0 Å². The summed E-state index contributed by atoms with van der Waals surface area (Å²) in [7, 11) is 0. The molecule has 16 heavy (non-hydrogen) atoms. The second-order valence-corrected chi connectivity index (χ2v) is 4.51. The van der Waals surface area contributed by atoms with Crippen molar-refractivity contribution in [1.29, 1.82) is 0 Å². The van der Waals surface area contributed by atoms with Crippen molar-refractivity contribution in [1.82, 2.24) is 4.90 Å². The van der Waals surface area contributed by atoms with Crippen LogP contribution < -0.4 is 5.73 Å². The normalized spacial score (nSPS) is 25.4. The maximum Gasteiger partial charge on any atom is 0.315 e. The lowest BCUT2D eigenvalue weighted by molar-refractivity contribution is 0.158. The Balaban J connectivity index is 2.05. The Morgan fingerprint density at radius 2 is 2.06 bits per heavy atom. The highest BCUT2D eigenvalue weighted by Crippen LogP contribution is 2.30. The molecule has 1 aliphatic rings. The molecule has 1 fully saturated rings. The zero-order chi connectivity index (χ0) is 11.5. The fraction of sp³-hybridized carbons (Fsp3) is 0.462. The molecule has 1 heterocycles. The quantitative estimate of drug-likeness (QED) is 0.772. The summed E-state index contributed by atoms with van der Waals surface area (Å²) in [6.07, 6.45) is 2.02. The first-order valence-electron chi connectivity index (χ1n) is 5.79. The topological polar surface area (TPSA) is 46.3 Å². The van der Waals surface area contributed by atoms with E-state index in [1.165, 1.54) is 5.56 Å². The number of nitrogens with two attached hydrogens (primary N) is 1. The van der Waals surface area contributed by atoms with Crippen LogP contribution in [0.15, 0.2) is 30.3 Å². The maximum atomic E-state index is 11.2. The minimum atomic E-state index is -0.293. The smallest absolute Gasteiger partial charge is 0.315 e. The number of urea groups is 1. The first-order chi connectivity index (χ1) is 7.68. The van der Waals surface area contributed by atoms with Gasteiger partial charge < -0.3 is 10.6 Å². The summed E-state index contributed by atoms with van der Waals surface area (Å²) in [5.74, 6) is 0.562. The van der Waals surface area contributed by atoms with Crippen LogP contribution in [0.2, 0.25) is 0 Å². The van der Waals surface area contributed by atoms with E-state index in [2.05, 4.69) is 31.2 Å². The van der Waals surface area contributed by atoms with E-state index in [0.29, 0.717) is 5.92 Å². The Morgan fingerprint density at radius 1 is 1.38 bits per heavy atom. The highest BCUT2D eigenvalue weighted by molar-refractivity contribution is 5.72. The van der Waals surface area contributed by atoms with Gasteiger partial charge in [-0.05, 0) is 31.2 Å². The average Bonchev–Trinajstić information content (AvgIpc) is 2.29. The maximum absolute atomic E-state index is 11.2. The van der Waals surface area contributed by atoms with Crippen molar-refractivity contribution < 1.29 is 4.79 Å². The van der Waals surface area contributed by atoms with Crippen LogP contribution in [0.25, 0.3) is 0 Å². The van der Waals surface area contributed by atoms with Crippen molar-refractivity contribution in [3.05, 3.63) is 35.9 Å². The zero-order valence-corrected chi connectivity index (χ0v) is 9.60. The molecule has 0 radical (unpaired) electrons. The summed E-state index contributed by atoms with van der Waals surface area (Å²) in [6.45, 7) is 2.84. The highest BCUT2D eigenvalue weighted by atomic mass is 16.2. The number of amides is 2. The van der Waals surface area contributed by atoms with E-state index < -0.39 is 0 Å². The van der Waals surface area contributed by atoms with E-state index >= 15 is 0 Å². The van der Waals surface area contributed by atoms with E-state index in [0.717, 1.165) is 19.4 Å². The van der Waals surface area contributed by atoms with Crippen molar-refractivity contribution in [2.75, 3.05) is 6.54 Å². The Labute approximate surface area is 96.2 Å². The number of primary amides is 1. The highest BCUT2D eigenvalue weighted by Gasteiger charge is 2.27. The first kappa shape index (κ1) is 11.0. The molecular formula is C13H18N2O. The van der Waals surface area contributed by atoms with Gasteiger partial charge in [0, 0.05) is 12.6 Å². The molecular weight excluding hydrogens is 200 g/mol. The standard InChI is InChI=1S/C13H18N2O/c1-10-9-12(7-8-15(10)13(14)16)11-5-3-2-4-6-11/h2-6,10,12H,7-9H2,1H3,(H2,14,16)/t10-,12-/m1/s1. The predicted molar refractivity (Wildman–Crippen MR) is 64.2 cm³/mol. The van der Waals surface area contributed by atoms with Crippen LogP contribution in [0.1, 0.15) is 31.2 Å². The summed E-state index contributed by atoms with van der Waals surface area (Å²) >= 11 is 0. The second kappa shape index (κ2) is 4.56. The third-order valence-corrected chi connectivity index (χ3v) is 3.43. The number of rotatable bonds is 1. The predicted octanol–water partition coefficient (Wildman–Crippen LogP) is 2.33. The molecule has 2 amide bonds. The molecule has 1 aliphatic heterocycles. The third kappa shape index (κ3) is 2.18. The number of nitrogens with zero attached hydrogens (tertiary/aromatic N) is 1. The minimum absolute atomic E-state index is 0.247. The van der Waals surface area contributed by atoms with Gasteiger partial charge in [0.1, 0.15) is 0 Å². The van der Waals surface area contributed by atoms with Gasteiger partial charge in [-0.3, -0.25) is 0 Å². The molecule has 2 rings (SSSR count). The number of likely N-dealkylation sites (tertiary alicyclic amines) is 1. The van der Waals surface area contributed by atoms with Gasteiger partial charge >= 0.3 is 6.03 Å². The van der Waals surface area contributed by atoms with Crippen LogP contribution in [0.3, 0.4) is 0 Å². The van der Waals surface area contributed by atoms with Crippen LogP contribution in [0.5, 0.6) is 0 Å². The van der Waals surface area contributed by atoms with Crippen molar-refractivity contribution >= 4 is 6.03 Å². The van der Waals surface area contributed by atoms with E-state index in [1.807, 2.05) is 6.07 Å². The lowest BCUT2D eigenvalue weighted by atomic mass is 9.86. The van der Waals surface area contributed by atoms with Crippen molar-refractivity contribution in [3.63, 3.8) is 0 Å². The Kier molecular flexibility index (Phi) is 3.13. The van der Waals surface area contributed by atoms with Crippen LogP contribution >= 0.6 is 0 Å². The van der Waals surface area contributed by atoms with Crippen LogP contribution in [0, 0.1) is 0 Å². The summed E-state index contributed by atoms with van der Waals surface area (Å²) in [5.41, 5.74) is 6.70. The fourth-order valence-corrected chi connectivity index (χ4v) is 2.53. The number of benzene rings is 1. The van der Waals surface area contributed by atoms with E-state index in [1.54, 1.807) is 4.90 Å². The van der Waals surface area contributed by atoms with Crippen molar-refractivity contribution in [2.45, 2.75) is 31.7 Å². The molecule has 2 atom stereocenters. The Hall–Kier alpha value is -1.51. The molecule has 86 valence electrons. The lowest BCUT2D eigenvalue weighted by Gasteiger charge is -2.36. The van der Waals surface area contributed by atoms with Gasteiger partial charge in [0.05, 0.1) is 0 Å². The minimum Gasteiger partial charge on any atom is -0.351 e. The van der Waals surface area contributed by atoms with Crippen LogP contribution in [-0.2, 0) is 0 Å². The number of hydrogen-bond acceptors (Lipinski definition) is 1. The summed E-state index contributed by atoms with van der Waals surface area (Å²) < 4.78 is 0. The number of carbonyl (C=O) groups is 1. The molecule has 3 nitrogen and oxygen atoms in total. The molecule has 2 N–H and O–H groups in total. The fourth-order valence-electron chi connectivity index (χ4n) is 2.53. The number of hydrogen-bond donors (Lipinski definition) is 1. The summed E-state index contributed by atoms with van der Waals surface area (Å²) in [5, 5.41) is 0. The van der Waals surface area contributed by atoms with E-state index in [-0.39, 0.29) is 12.1 Å². The van der Waals surface area contributed by atoms with Crippen molar-refractivity contribution in [2.24, 2.45) is 5.73 Å². The average molecular weight is 218 g/mol. The van der Waals surface area contributed by atoms with Gasteiger partial charge in [-0.25, -0.2) is 4.79 Å². The molecule has 1 saturated heterocycles. The van der Waals surface area contributed by atoms with Gasteiger partial charge in [0.25, 0.3) is 0 Å². The van der Waals surface area contributed by atoms with Crippen LogP contribution in [-0.4, -0.2) is 23.5 Å². The largest absolute Gasteiger partial charge is 0.351 e. The molecule has 0 saturated carbocycles. The van der Waals surface area contributed by atoms with Gasteiger partial charge in [-0.2, -0.15) is 0 Å². The summed E-state index contributed by atoms with van der Waals surface area (Å²) in [6, 6.07) is 10.5. The lowest BCUT2D eigenvalue weighted by Crippen LogP contribution is -2.46.